The molecule has 1 heterocycles. The van der Waals surface area contributed by atoms with Crippen LogP contribution in [0.4, 0.5) is 0 Å². The van der Waals surface area contributed by atoms with Crippen molar-refractivity contribution in [3.05, 3.63) is 33.3 Å². The van der Waals surface area contributed by atoms with Gasteiger partial charge >= 0.3 is 0 Å². The molecule has 19 heavy (non-hydrogen) atoms. The van der Waals surface area contributed by atoms with E-state index < -0.39 is 0 Å². The quantitative estimate of drug-likeness (QED) is 0.856. The highest BCUT2D eigenvalue weighted by molar-refractivity contribution is 9.10. The third kappa shape index (κ3) is 4.95. The van der Waals surface area contributed by atoms with E-state index in [0.717, 1.165) is 17.4 Å². The standard InChI is InChI=1S/C13H16BrClN2O.ClH/c14-9-3-4-12(15)11(8-9)13(18)17-7-5-10-2-1-6-16-10;/h3-4,8,10,16H,1-2,5-7H2,(H,17,18);1H/t10-;/m1./s1. The lowest BCUT2D eigenvalue weighted by atomic mass is 10.1. The molecule has 2 N–H and O–H groups in total. The first-order chi connectivity index (χ1) is 8.66. The zero-order valence-corrected chi connectivity index (χ0v) is 13.6. The lowest BCUT2D eigenvalue weighted by molar-refractivity contribution is 0.0952. The van der Waals surface area contributed by atoms with Crippen molar-refractivity contribution in [1.82, 2.24) is 10.6 Å². The summed E-state index contributed by atoms with van der Waals surface area (Å²) in [4.78, 5) is 12.0. The van der Waals surface area contributed by atoms with E-state index in [-0.39, 0.29) is 18.3 Å². The molecule has 0 aromatic heterocycles. The molecule has 106 valence electrons. The second kappa shape index (κ2) is 8.10. The van der Waals surface area contributed by atoms with Crippen molar-refractivity contribution in [2.75, 3.05) is 13.1 Å². The number of carbonyl (C=O) groups is 1. The molecule has 0 unspecified atom stereocenters. The normalized spacial score (nSPS) is 17.9. The van der Waals surface area contributed by atoms with Crippen LogP contribution in [-0.2, 0) is 0 Å². The lowest BCUT2D eigenvalue weighted by Gasteiger charge is -2.11. The van der Waals surface area contributed by atoms with Gasteiger partial charge in [-0.05, 0) is 44.0 Å². The van der Waals surface area contributed by atoms with Crippen molar-refractivity contribution in [2.24, 2.45) is 0 Å². The maximum Gasteiger partial charge on any atom is 0.252 e. The summed E-state index contributed by atoms with van der Waals surface area (Å²) in [6, 6.07) is 5.83. The Labute approximate surface area is 133 Å². The Hall–Kier alpha value is -0.290. The zero-order valence-electron chi connectivity index (χ0n) is 10.4. The van der Waals surface area contributed by atoms with E-state index in [1.165, 1.54) is 12.8 Å². The van der Waals surface area contributed by atoms with E-state index in [2.05, 4.69) is 26.6 Å². The number of halogens is 3. The van der Waals surface area contributed by atoms with Gasteiger partial charge in [0.1, 0.15) is 0 Å². The van der Waals surface area contributed by atoms with E-state index in [0.29, 0.717) is 23.2 Å². The molecular weight excluding hydrogens is 351 g/mol. The van der Waals surface area contributed by atoms with Crippen LogP contribution in [-0.4, -0.2) is 25.0 Å². The molecule has 1 saturated heterocycles. The van der Waals surface area contributed by atoms with Crippen LogP contribution in [0.1, 0.15) is 29.6 Å². The Balaban J connectivity index is 0.00000180. The summed E-state index contributed by atoms with van der Waals surface area (Å²) in [7, 11) is 0. The molecule has 1 aliphatic heterocycles. The predicted octanol–water partition coefficient (Wildman–Crippen LogP) is 3.40. The largest absolute Gasteiger partial charge is 0.352 e. The number of amides is 1. The van der Waals surface area contributed by atoms with Crippen molar-refractivity contribution in [3.8, 4) is 0 Å². The Kier molecular flexibility index (Phi) is 7.15. The maximum atomic E-state index is 12.0. The fourth-order valence-electron chi connectivity index (χ4n) is 2.13. The average molecular weight is 368 g/mol. The highest BCUT2D eigenvalue weighted by Crippen LogP contribution is 2.20. The molecular formula is C13H17BrCl2N2O. The predicted molar refractivity (Wildman–Crippen MR) is 84.4 cm³/mol. The van der Waals surface area contributed by atoms with Crippen LogP contribution in [0.25, 0.3) is 0 Å². The Morgan fingerprint density at radius 1 is 1.53 bits per heavy atom. The summed E-state index contributed by atoms with van der Waals surface area (Å²) in [6.45, 7) is 1.77. The molecule has 0 saturated carbocycles. The second-order valence-electron chi connectivity index (χ2n) is 4.46. The lowest BCUT2D eigenvalue weighted by Crippen LogP contribution is -2.30. The highest BCUT2D eigenvalue weighted by atomic mass is 79.9. The van der Waals surface area contributed by atoms with Crippen molar-refractivity contribution in [2.45, 2.75) is 25.3 Å². The van der Waals surface area contributed by atoms with Gasteiger partial charge in [0.15, 0.2) is 0 Å². The monoisotopic (exact) mass is 366 g/mol. The van der Waals surface area contributed by atoms with E-state index in [1.54, 1.807) is 12.1 Å². The number of nitrogens with one attached hydrogen (secondary N) is 2. The summed E-state index contributed by atoms with van der Waals surface area (Å²) in [5.41, 5.74) is 0.519. The van der Waals surface area contributed by atoms with Gasteiger partial charge in [-0.25, -0.2) is 0 Å². The smallest absolute Gasteiger partial charge is 0.252 e. The van der Waals surface area contributed by atoms with Gasteiger partial charge in [-0.3, -0.25) is 4.79 Å². The molecule has 0 spiro atoms. The van der Waals surface area contributed by atoms with Crippen LogP contribution >= 0.6 is 39.9 Å². The van der Waals surface area contributed by atoms with E-state index in [4.69, 9.17) is 11.6 Å². The molecule has 1 atom stereocenters. The molecule has 0 aliphatic carbocycles. The zero-order chi connectivity index (χ0) is 13.0. The molecule has 1 aliphatic rings. The number of hydrogen-bond acceptors (Lipinski definition) is 2. The van der Waals surface area contributed by atoms with Gasteiger partial charge < -0.3 is 10.6 Å². The Morgan fingerprint density at radius 2 is 2.32 bits per heavy atom. The van der Waals surface area contributed by atoms with Crippen molar-refractivity contribution >= 4 is 45.8 Å². The number of rotatable bonds is 4. The van der Waals surface area contributed by atoms with Crippen molar-refractivity contribution in [1.29, 1.82) is 0 Å². The number of benzene rings is 1. The SMILES string of the molecule is Cl.O=C(NCC[C@H]1CCCN1)c1cc(Br)ccc1Cl. The van der Waals surface area contributed by atoms with Gasteiger partial charge in [0.05, 0.1) is 10.6 Å². The first kappa shape index (κ1) is 16.8. The molecule has 1 fully saturated rings. The Morgan fingerprint density at radius 3 is 3.00 bits per heavy atom. The van der Waals surface area contributed by atoms with Crippen LogP contribution in [0.5, 0.6) is 0 Å². The molecule has 3 nitrogen and oxygen atoms in total. The fourth-order valence-corrected chi connectivity index (χ4v) is 2.69. The third-order valence-corrected chi connectivity index (χ3v) is 3.94. The van der Waals surface area contributed by atoms with Crippen molar-refractivity contribution < 1.29 is 4.79 Å². The van der Waals surface area contributed by atoms with Gasteiger partial charge in [-0.1, -0.05) is 27.5 Å². The maximum absolute atomic E-state index is 12.0. The summed E-state index contributed by atoms with van der Waals surface area (Å²) >= 11 is 9.34. The number of hydrogen-bond donors (Lipinski definition) is 2. The van der Waals surface area contributed by atoms with Gasteiger partial charge in [-0.15, -0.1) is 12.4 Å². The molecule has 2 rings (SSSR count). The average Bonchev–Trinajstić information content (AvgIpc) is 2.85. The van der Waals surface area contributed by atoms with Gasteiger partial charge in [0, 0.05) is 17.1 Å². The minimum atomic E-state index is -0.112. The van der Waals surface area contributed by atoms with Crippen molar-refractivity contribution in [3.63, 3.8) is 0 Å². The van der Waals surface area contributed by atoms with Crippen LogP contribution in [0, 0.1) is 0 Å². The van der Waals surface area contributed by atoms with E-state index in [9.17, 15) is 4.79 Å². The number of carbonyl (C=O) groups excluding carboxylic acids is 1. The van der Waals surface area contributed by atoms with Gasteiger partial charge in [0.2, 0.25) is 0 Å². The van der Waals surface area contributed by atoms with Crippen LogP contribution < -0.4 is 10.6 Å². The molecule has 1 amide bonds. The highest BCUT2D eigenvalue weighted by Gasteiger charge is 2.15. The summed E-state index contributed by atoms with van der Waals surface area (Å²) in [5, 5.41) is 6.80. The summed E-state index contributed by atoms with van der Waals surface area (Å²) in [5.74, 6) is -0.112. The van der Waals surface area contributed by atoms with Crippen LogP contribution in [0.15, 0.2) is 22.7 Å². The minimum absolute atomic E-state index is 0. The Bertz CT molecular complexity index is 437. The first-order valence-corrected chi connectivity index (χ1v) is 7.30. The third-order valence-electron chi connectivity index (χ3n) is 3.11. The first-order valence-electron chi connectivity index (χ1n) is 6.13. The molecule has 1 aromatic carbocycles. The minimum Gasteiger partial charge on any atom is -0.352 e. The van der Waals surface area contributed by atoms with Crippen LogP contribution in [0.3, 0.4) is 0 Å². The molecule has 6 heteroatoms. The van der Waals surface area contributed by atoms with E-state index >= 15 is 0 Å². The molecule has 1 aromatic rings. The van der Waals surface area contributed by atoms with Gasteiger partial charge in [-0.2, -0.15) is 0 Å². The van der Waals surface area contributed by atoms with Crippen LogP contribution in [0.2, 0.25) is 5.02 Å². The topological polar surface area (TPSA) is 41.1 Å². The summed E-state index contributed by atoms with van der Waals surface area (Å²) < 4.78 is 0.856. The summed E-state index contributed by atoms with van der Waals surface area (Å²) in [6.07, 6.45) is 3.40. The molecule has 0 bridgehead atoms. The van der Waals surface area contributed by atoms with E-state index in [1.807, 2.05) is 6.07 Å². The second-order valence-corrected chi connectivity index (χ2v) is 5.78. The van der Waals surface area contributed by atoms with Gasteiger partial charge in [0.25, 0.3) is 5.91 Å². The fraction of sp³-hybridized carbons (Fsp3) is 0.462. The molecule has 0 radical (unpaired) electrons.